The molecule has 0 saturated carbocycles. The fourth-order valence-corrected chi connectivity index (χ4v) is 5.08. The fraction of sp³-hybridized carbons (Fsp3) is 0.619. The molecule has 1 aromatic carbocycles. The van der Waals surface area contributed by atoms with Crippen LogP contribution in [0.5, 0.6) is 0 Å². The summed E-state index contributed by atoms with van der Waals surface area (Å²) >= 11 is 8.69. The van der Waals surface area contributed by atoms with Crippen LogP contribution in [0.25, 0.3) is 0 Å². The molecule has 0 aliphatic carbocycles. The van der Waals surface area contributed by atoms with E-state index >= 15 is 0 Å². The molecule has 0 aromatic heterocycles. The molecule has 0 saturated heterocycles. The van der Waals surface area contributed by atoms with Crippen molar-refractivity contribution < 1.29 is 0 Å². The van der Waals surface area contributed by atoms with Gasteiger partial charge < -0.3 is 0 Å². The van der Waals surface area contributed by atoms with E-state index in [1.165, 1.54) is 76.0 Å². The van der Waals surface area contributed by atoms with Gasteiger partial charge in [0.05, 0.1) is 6.07 Å². The Morgan fingerprint density at radius 1 is 0.960 bits per heavy atom. The lowest BCUT2D eigenvalue weighted by atomic mass is 10.1. The van der Waals surface area contributed by atoms with Crippen LogP contribution in [-0.4, -0.2) is 9.28 Å². The number of nitriles is 1. The predicted octanol–water partition coefficient (Wildman–Crippen LogP) is 7.92. The second-order valence-corrected chi connectivity index (χ2v) is 9.72. The maximum Gasteiger partial charge on any atom is 0.123 e. The van der Waals surface area contributed by atoms with Crippen molar-refractivity contribution in [3.63, 3.8) is 0 Å². The molecule has 1 atom stereocenters. The quantitative estimate of drug-likeness (QED) is 0.251. The summed E-state index contributed by atoms with van der Waals surface area (Å²) in [5.41, 5.74) is 1.04. The summed E-state index contributed by atoms with van der Waals surface area (Å²) in [7, 11) is 0. The molecule has 0 N–H and O–H groups in total. The molecule has 138 valence electrons. The van der Waals surface area contributed by atoms with Gasteiger partial charge in [-0.1, -0.05) is 119 Å². The van der Waals surface area contributed by atoms with Crippen molar-refractivity contribution in [2.24, 2.45) is 0 Å². The Kier molecular flexibility index (Phi) is 14.2. The monoisotopic (exact) mass is 393 g/mol. The smallest absolute Gasteiger partial charge is 0.123 e. The van der Waals surface area contributed by atoms with E-state index in [9.17, 15) is 5.26 Å². The molecule has 0 fully saturated rings. The van der Waals surface area contributed by atoms with Gasteiger partial charge in [-0.25, -0.2) is 0 Å². The maximum absolute atomic E-state index is 9.35. The van der Waals surface area contributed by atoms with Crippen LogP contribution in [0, 0.1) is 11.3 Å². The largest absolute Gasteiger partial charge is 0.197 e. The second kappa shape index (κ2) is 15.7. The van der Waals surface area contributed by atoms with Gasteiger partial charge in [0, 0.05) is 0 Å². The van der Waals surface area contributed by atoms with Crippen molar-refractivity contribution in [1.29, 1.82) is 5.26 Å². The van der Waals surface area contributed by atoms with Gasteiger partial charge in [-0.3, -0.25) is 0 Å². The third kappa shape index (κ3) is 11.7. The van der Waals surface area contributed by atoms with E-state index in [4.69, 9.17) is 12.2 Å². The third-order valence-corrected chi connectivity index (χ3v) is 6.97. The van der Waals surface area contributed by atoms with Crippen LogP contribution in [-0.2, 0) is 0 Å². The first-order valence-corrected chi connectivity index (χ1v) is 11.8. The van der Waals surface area contributed by atoms with E-state index in [2.05, 4.69) is 13.0 Å². The molecule has 0 aliphatic heterocycles. The Hall–Kier alpha value is -0.500. The van der Waals surface area contributed by atoms with Gasteiger partial charge in [-0.15, -0.1) is 11.8 Å². The molecule has 0 radical (unpaired) electrons. The van der Waals surface area contributed by atoms with Crippen molar-refractivity contribution in [2.75, 3.05) is 5.75 Å². The number of thioether (sulfide) groups is 2. The van der Waals surface area contributed by atoms with Gasteiger partial charge in [0.1, 0.15) is 8.78 Å². The topological polar surface area (TPSA) is 23.8 Å². The van der Waals surface area contributed by atoms with Gasteiger partial charge in [-0.2, -0.15) is 5.26 Å². The van der Waals surface area contributed by atoms with Gasteiger partial charge in [0.15, 0.2) is 0 Å². The molecule has 0 amide bonds. The van der Waals surface area contributed by atoms with Crippen molar-refractivity contribution >= 4 is 39.3 Å². The average molecular weight is 394 g/mol. The summed E-state index contributed by atoms with van der Waals surface area (Å²) in [4.78, 5) is 0. The number of hydrogen-bond donors (Lipinski definition) is 0. The Balaban J connectivity index is 2.01. The second-order valence-electron chi connectivity index (χ2n) is 6.32. The summed E-state index contributed by atoms with van der Waals surface area (Å²) in [6.07, 6.45) is 13.6. The minimum absolute atomic E-state index is 0.186. The van der Waals surface area contributed by atoms with Gasteiger partial charge in [0.2, 0.25) is 0 Å². The summed E-state index contributed by atoms with van der Waals surface area (Å²) in [6, 6.07) is 12.3. The zero-order valence-corrected chi connectivity index (χ0v) is 17.9. The molecule has 0 spiro atoms. The van der Waals surface area contributed by atoms with Crippen molar-refractivity contribution in [3.8, 4) is 6.07 Å². The van der Waals surface area contributed by atoms with E-state index in [-0.39, 0.29) is 5.25 Å². The molecule has 1 aromatic rings. The fourth-order valence-electron chi connectivity index (χ4n) is 2.67. The Morgan fingerprint density at radius 2 is 1.52 bits per heavy atom. The Bertz CT molecular complexity index is 496. The summed E-state index contributed by atoms with van der Waals surface area (Å²) in [5.74, 6) is 1.08. The first-order chi connectivity index (χ1) is 12.3. The van der Waals surface area contributed by atoms with Gasteiger partial charge in [-0.05, 0) is 17.7 Å². The minimum Gasteiger partial charge on any atom is -0.197 e. The average Bonchev–Trinajstić information content (AvgIpc) is 2.65. The normalized spacial score (nSPS) is 11.8. The highest BCUT2D eigenvalue weighted by atomic mass is 32.2. The van der Waals surface area contributed by atoms with Gasteiger partial charge in [0.25, 0.3) is 0 Å². The number of rotatable bonds is 13. The molecule has 0 aliphatic rings. The molecule has 1 nitrogen and oxygen atoms in total. The van der Waals surface area contributed by atoms with Crippen LogP contribution >= 0.6 is 35.7 Å². The lowest BCUT2D eigenvalue weighted by molar-refractivity contribution is 0.563. The molecule has 4 heteroatoms. The van der Waals surface area contributed by atoms with Crippen molar-refractivity contribution in [3.05, 3.63) is 35.9 Å². The van der Waals surface area contributed by atoms with E-state index in [0.717, 1.165) is 14.8 Å². The van der Waals surface area contributed by atoms with Gasteiger partial charge >= 0.3 is 0 Å². The highest BCUT2D eigenvalue weighted by Gasteiger charge is 2.13. The standard InChI is InChI=1S/C21H31NS3/c1-2-3-4-5-6-7-8-9-10-14-17-24-21(23)25-20(18-22)19-15-12-11-13-16-19/h11-13,15-16,20H,2-10,14,17H2,1H3. The van der Waals surface area contributed by atoms with Crippen molar-refractivity contribution in [1.82, 2.24) is 0 Å². The highest BCUT2D eigenvalue weighted by molar-refractivity contribution is 8.47. The van der Waals surface area contributed by atoms with Crippen LogP contribution in [0.4, 0.5) is 0 Å². The maximum atomic E-state index is 9.35. The van der Waals surface area contributed by atoms with Crippen LogP contribution in [0.3, 0.4) is 0 Å². The van der Waals surface area contributed by atoms with Crippen LogP contribution in [0.1, 0.15) is 81.9 Å². The van der Waals surface area contributed by atoms with E-state index < -0.39 is 0 Å². The van der Waals surface area contributed by atoms with E-state index in [1.807, 2.05) is 30.3 Å². The molecule has 0 bridgehead atoms. The minimum atomic E-state index is -0.186. The van der Waals surface area contributed by atoms with Crippen LogP contribution in [0.2, 0.25) is 0 Å². The van der Waals surface area contributed by atoms with Crippen molar-refractivity contribution in [2.45, 2.75) is 76.4 Å². The first kappa shape index (κ1) is 22.5. The molecular weight excluding hydrogens is 362 g/mol. The highest BCUT2D eigenvalue weighted by Crippen LogP contribution is 2.33. The number of nitrogens with zero attached hydrogens (tertiary/aromatic N) is 1. The zero-order chi connectivity index (χ0) is 18.2. The number of unbranched alkanes of at least 4 members (excludes halogenated alkanes) is 9. The zero-order valence-electron chi connectivity index (χ0n) is 15.4. The predicted molar refractivity (Wildman–Crippen MR) is 119 cm³/mol. The molecular formula is C21H31NS3. The third-order valence-electron chi connectivity index (χ3n) is 4.15. The van der Waals surface area contributed by atoms with Crippen LogP contribution in [0.15, 0.2) is 30.3 Å². The number of benzene rings is 1. The Morgan fingerprint density at radius 3 is 2.08 bits per heavy atom. The summed E-state index contributed by atoms with van der Waals surface area (Å²) in [6.45, 7) is 2.27. The first-order valence-electron chi connectivity index (χ1n) is 9.56. The summed E-state index contributed by atoms with van der Waals surface area (Å²) < 4.78 is 0.895. The molecule has 0 heterocycles. The number of hydrogen-bond acceptors (Lipinski definition) is 4. The molecule has 1 unspecified atom stereocenters. The molecule has 1 rings (SSSR count). The van der Waals surface area contributed by atoms with E-state index in [1.54, 1.807) is 11.8 Å². The van der Waals surface area contributed by atoms with E-state index in [0.29, 0.717) is 0 Å². The molecule has 25 heavy (non-hydrogen) atoms. The van der Waals surface area contributed by atoms with Crippen LogP contribution < -0.4 is 0 Å². The lowest BCUT2D eigenvalue weighted by Crippen LogP contribution is -1.94. The SMILES string of the molecule is CCCCCCCCCCCCSC(=S)SC(C#N)c1ccccc1. The Labute approximate surface area is 168 Å². The summed E-state index contributed by atoms with van der Waals surface area (Å²) in [5, 5.41) is 9.16. The lowest BCUT2D eigenvalue weighted by Gasteiger charge is -2.09. The number of thiocarbonyl (C=S) groups is 1.